The molecule has 2 aliphatic rings. The van der Waals surface area contributed by atoms with Gasteiger partial charge < -0.3 is 9.80 Å². The summed E-state index contributed by atoms with van der Waals surface area (Å²) in [7, 11) is 0. The van der Waals surface area contributed by atoms with Gasteiger partial charge in [0.1, 0.15) is 0 Å². The summed E-state index contributed by atoms with van der Waals surface area (Å²) in [6.07, 6.45) is 2.58. The summed E-state index contributed by atoms with van der Waals surface area (Å²) in [6.45, 7) is 4.54. The zero-order valence-corrected chi connectivity index (χ0v) is 15.8. The summed E-state index contributed by atoms with van der Waals surface area (Å²) in [4.78, 5) is 34.2. The van der Waals surface area contributed by atoms with Crippen molar-refractivity contribution in [3.63, 3.8) is 0 Å². The van der Waals surface area contributed by atoms with Crippen LogP contribution < -0.4 is 0 Å². The van der Waals surface area contributed by atoms with Crippen LogP contribution in [0.4, 0.5) is 0 Å². The molecule has 4 rings (SSSR count). The first kappa shape index (κ1) is 17.2. The molecule has 136 valence electrons. The Kier molecular flexibility index (Phi) is 4.53. The predicted molar refractivity (Wildman–Crippen MR) is 101 cm³/mol. The average molecular weight is 369 g/mol. The van der Waals surface area contributed by atoms with Crippen molar-refractivity contribution in [3.05, 3.63) is 52.0 Å². The third-order valence-electron chi connectivity index (χ3n) is 5.53. The van der Waals surface area contributed by atoms with Gasteiger partial charge in [0.15, 0.2) is 0 Å². The monoisotopic (exact) mass is 369 g/mol. The molecule has 6 heteroatoms. The number of aromatic nitrogens is 1. The molecular weight excluding hydrogens is 346 g/mol. The number of carbonyl (C=O) groups excluding carboxylic acids is 2. The number of thiophene rings is 1. The standard InChI is InChI=1S/C20H23N3O2S/c1-15-4-2-5-17(21-15)12-22-10-8-20(19(22)25)7-3-9-23(14-20)18(24)16-6-11-26-13-16/h2,4-6,11,13H,3,7-10,12,14H2,1H3. The summed E-state index contributed by atoms with van der Waals surface area (Å²) in [6, 6.07) is 7.78. The van der Waals surface area contributed by atoms with Crippen LogP contribution in [0.1, 0.15) is 41.0 Å². The van der Waals surface area contributed by atoms with E-state index in [2.05, 4.69) is 4.98 Å². The number of carbonyl (C=O) groups is 2. The molecule has 0 aliphatic carbocycles. The van der Waals surface area contributed by atoms with Crippen LogP contribution in [-0.2, 0) is 11.3 Å². The topological polar surface area (TPSA) is 53.5 Å². The van der Waals surface area contributed by atoms with E-state index in [-0.39, 0.29) is 11.8 Å². The van der Waals surface area contributed by atoms with Crippen LogP contribution in [0, 0.1) is 12.3 Å². The van der Waals surface area contributed by atoms with E-state index < -0.39 is 5.41 Å². The van der Waals surface area contributed by atoms with Crippen LogP contribution in [0.25, 0.3) is 0 Å². The number of amides is 2. The van der Waals surface area contributed by atoms with Crippen LogP contribution in [0.3, 0.4) is 0 Å². The fraction of sp³-hybridized carbons (Fsp3) is 0.450. The molecule has 1 spiro atoms. The van der Waals surface area contributed by atoms with Gasteiger partial charge in [0, 0.05) is 30.7 Å². The van der Waals surface area contributed by atoms with Crippen molar-refractivity contribution < 1.29 is 9.59 Å². The Labute approximate surface area is 157 Å². The molecule has 2 saturated heterocycles. The summed E-state index contributed by atoms with van der Waals surface area (Å²) in [5.74, 6) is 0.237. The van der Waals surface area contributed by atoms with Crippen LogP contribution in [0.15, 0.2) is 35.0 Å². The molecule has 0 radical (unpaired) electrons. The minimum Gasteiger partial charge on any atom is -0.338 e. The average Bonchev–Trinajstić information content (AvgIpc) is 3.27. The van der Waals surface area contributed by atoms with Gasteiger partial charge in [-0.05, 0) is 49.8 Å². The highest BCUT2D eigenvalue weighted by atomic mass is 32.1. The van der Waals surface area contributed by atoms with E-state index in [4.69, 9.17) is 0 Å². The molecule has 2 aromatic heterocycles. The Morgan fingerprint density at radius 1 is 1.27 bits per heavy atom. The molecule has 2 fully saturated rings. The van der Waals surface area contributed by atoms with Gasteiger partial charge in [-0.2, -0.15) is 11.3 Å². The highest BCUT2D eigenvalue weighted by Gasteiger charge is 2.49. The lowest BCUT2D eigenvalue weighted by Crippen LogP contribution is -2.49. The van der Waals surface area contributed by atoms with Gasteiger partial charge in [0.25, 0.3) is 5.91 Å². The Morgan fingerprint density at radius 2 is 2.15 bits per heavy atom. The SMILES string of the molecule is Cc1cccc(CN2CCC3(CCCN(C(=O)c4ccsc4)C3)C2=O)n1. The van der Waals surface area contributed by atoms with Gasteiger partial charge in [0.05, 0.1) is 23.2 Å². The van der Waals surface area contributed by atoms with E-state index >= 15 is 0 Å². The third-order valence-corrected chi connectivity index (χ3v) is 6.22. The van der Waals surface area contributed by atoms with Crippen molar-refractivity contribution in [1.29, 1.82) is 0 Å². The number of nitrogens with zero attached hydrogens (tertiary/aromatic N) is 3. The zero-order valence-electron chi connectivity index (χ0n) is 15.0. The van der Waals surface area contributed by atoms with Crippen LogP contribution >= 0.6 is 11.3 Å². The number of rotatable bonds is 3. The Balaban J connectivity index is 1.48. The molecule has 1 atom stereocenters. The first-order valence-electron chi connectivity index (χ1n) is 9.11. The van der Waals surface area contributed by atoms with Crippen molar-refractivity contribution in [2.24, 2.45) is 5.41 Å². The molecule has 0 saturated carbocycles. The Morgan fingerprint density at radius 3 is 2.92 bits per heavy atom. The Bertz CT molecular complexity index is 820. The molecular formula is C20H23N3O2S. The van der Waals surface area contributed by atoms with Crippen LogP contribution in [0.5, 0.6) is 0 Å². The number of likely N-dealkylation sites (tertiary alicyclic amines) is 2. The molecule has 0 N–H and O–H groups in total. The first-order valence-corrected chi connectivity index (χ1v) is 10.1. The van der Waals surface area contributed by atoms with Gasteiger partial charge in [-0.1, -0.05) is 6.07 Å². The maximum absolute atomic E-state index is 13.2. The van der Waals surface area contributed by atoms with Crippen molar-refractivity contribution in [2.75, 3.05) is 19.6 Å². The maximum Gasteiger partial charge on any atom is 0.254 e. The maximum atomic E-state index is 13.2. The number of piperidine rings is 1. The minimum atomic E-state index is -0.409. The van der Waals surface area contributed by atoms with Crippen LogP contribution in [0.2, 0.25) is 0 Å². The molecule has 2 aliphatic heterocycles. The van der Waals surface area contributed by atoms with E-state index in [0.29, 0.717) is 13.1 Å². The Hall–Kier alpha value is -2.21. The van der Waals surface area contributed by atoms with E-state index in [1.54, 1.807) is 0 Å². The molecule has 2 amide bonds. The van der Waals surface area contributed by atoms with Crippen molar-refractivity contribution >= 4 is 23.2 Å². The van der Waals surface area contributed by atoms with Gasteiger partial charge >= 0.3 is 0 Å². The van der Waals surface area contributed by atoms with Gasteiger partial charge in [0.2, 0.25) is 5.91 Å². The second-order valence-electron chi connectivity index (χ2n) is 7.37. The normalized spacial score (nSPS) is 23.0. The second-order valence-corrected chi connectivity index (χ2v) is 8.15. The number of hydrogen-bond donors (Lipinski definition) is 0. The van der Waals surface area contributed by atoms with Gasteiger partial charge in [-0.3, -0.25) is 14.6 Å². The summed E-state index contributed by atoms with van der Waals surface area (Å²) >= 11 is 1.53. The zero-order chi connectivity index (χ0) is 18.1. The molecule has 5 nitrogen and oxygen atoms in total. The summed E-state index contributed by atoms with van der Waals surface area (Å²) < 4.78 is 0. The lowest BCUT2D eigenvalue weighted by Gasteiger charge is -2.39. The summed E-state index contributed by atoms with van der Waals surface area (Å²) in [5, 5.41) is 3.81. The van der Waals surface area contributed by atoms with E-state index in [1.807, 2.05) is 51.7 Å². The molecule has 0 aromatic carbocycles. The molecule has 1 unspecified atom stereocenters. The smallest absolute Gasteiger partial charge is 0.254 e. The summed E-state index contributed by atoms with van der Waals surface area (Å²) in [5.41, 5.74) is 2.22. The van der Waals surface area contributed by atoms with Crippen LogP contribution in [-0.4, -0.2) is 46.2 Å². The molecule has 4 heterocycles. The van der Waals surface area contributed by atoms with E-state index in [0.717, 1.165) is 49.3 Å². The third kappa shape index (κ3) is 3.14. The second kappa shape index (κ2) is 6.83. The predicted octanol–water partition coefficient (Wildman–Crippen LogP) is 3.11. The lowest BCUT2D eigenvalue weighted by molar-refractivity contribution is -0.138. The molecule has 0 bridgehead atoms. The van der Waals surface area contributed by atoms with Crippen molar-refractivity contribution in [3.8, 4) is 0 Å². The number of aryl methyl sites for hydroxylation is 1. The highest BCUT2D eigenvalue weighted by molar-refractivity contribution is 7.08. The lowest BCUT2D eigenvalue weighted by atomic mass is 9.78. The fourth-order valence-electron chi connectivity index (χ4n) is 4.18. The van der Waals surface area contributed by atoms with Crippen molar-refractivity contribution in [2.45, 2.75) is 32.7 Å². The van der Waals surface area contributed by atoms with Gasteiger partial charge in [-0.25, -0.2) is 0 Å². The molecule has 26 heavy (non-hydrogen) atoms. The quantitative estimate of drug-likeness (QED) is 0.835. The number of hydrogen-bond acceptors (Lipinski definition) is 4. The first-order chi connectivity index (χ1) is 12.6. The van der Waals surface area contributed by atoms with E-state index in [1.165, 1.54) is 11.3 Å². The van der Waals surface area contributed by atoms with Crippen molar-refractivity contribution in [1.82, 2.24) is 14.8 Å². The fourth-order valence-corrected chi connectivity index (χ4v) is 4.81. The minimum absolute atomic E-state index is 0.0527. The van der Waals surface area contributed by atoms with Gasteiger partial charge in [-0.15, -0.1) is 0 Å². The number of pyridine rings is 1. The largest absolute Gasteiger partial charge is 0.338 e. The van der Waals surface area contributed by atoms with E-state index in [9.17, 15) is 9.59 Å². The molecule has 2 aromatic rings. The highest BCUT2D eigenvalue weighted by Crippen LogP contribution is 2.41.